The van der Waals surface area contributed by atoms with E-state index in [1.807, 2.05) is 20.8 Å². The van der Waals surface area contributed by atoms with Crippen LogP contribution in [0, 0.1) is 5.92 Å². The summed E-state index contributed by atoms with van der Waals surface area (Å²) < 4.78 is 12.3. The number of aromatic nitrogens is 5. The lowest BCUT2D eigenvalue weighted by molar-refractivity contribution is 0.0284. The minimum absolute atomic E-state index is 0.117. The number of ether oxygens (including phenoxy) is 1. The molecule has 0 bridgehead atoms. The Morgan fingerprint density at radius 3 is 2.83 bits per heavy atom. The lowest BCUT2D eigenvalue weighted by Crippen LogP contribution is -2.40. The molecule has 0 saturated carbocycles. The number of fused-ring (bicyclic) bond motifs is 2. The van der Waals surface area contributed by atoms with E-state index in [-0.39, 0.29) is 18.1 Å². The van der Waals surface area contributed by atoms with Gasteiger partial charge in [0.05, 0.1) is 12.3 Å². The van der Waals surface area contributed by atoms with Crippen molar-refractivity contribution in [2.75, 3.05) is 30.3 Å². The number of carbonyl (C=O) groups excluding carboxylic acids is 1. The van der Waals surface area contributed by atoms with Crippen LogP contribution in [0.4, 0.5) is 16.7 Å². The van der Waals surface area contributed by atoms with E-state index in [0.717, 1.165) is 13.0 Å². The zero-order valence-electron chi connectivity index (χ0n) is 17.1. The van der Waals surface area contributed by atoms with Crippen molar-refractivity contribution < 1.29 is 13.9 Å². The van der Waals surface area contributed by atoms with Crippen molar-refractivity contribution in [2.24, 2.45) is 5.92 Å². The summed E-state index contributed by atoms with van der Waals surface area (Å²) in [7, 11) is 0. The van der Waals surface area contributed by atoms with E-state index in [1.165, 1.54) is 4.52 Å². The quantitative estimate of drug-likeness (QED) is 0.670. The van der Waals surface area contributed by atoms with Gasteiger partial charge >= 0.3 is 6.09 Å². The first kappa shape index (κ1) is 18.6. The number of anilines is 2. The van der Waals surface area contributed by atoms with Crippen LogP contribution in [0.25, 0.3) is 17.4 Å². The number of likely N-dealkylation sites (tertiary alicyclic amines) is 1. The molecule has 0 aromatic carbocycles. The highest BCUT2D eigenvalue weighted by Crippen LogP contribution is 2.34. The monoisotopic (exact) mass is 412 g/mol. The largest absolute Gasteiger partial charge is 0.461 e. The lowest BCUT2D eigenvalue weighted by atomic mass is 10.1. The first-order chi connectivity index (χ1) is 14.3. The molecule has 5 heterocycles. The molecule has 2 N–H and O–H groups in total. The standard InChI is InChI=1S/C19H24N8O3/c1-19(2,3)30-18(28)25-9-11-6-7-26(12(11)10-25)16-22-15(20)27-17(23-16)21-14(24-27)13-5-4-8-29-13/h4-5,8,11-12H,6-7,9-10H2,1-3H3,(H2,20,21,22,23,24). The number of nitrogens with zero attached hydrogens (tertiary/aromatic N) is 7. The van der Waals surface area contributed by atoms with Crippen LogP contribution >= 0.6 is 0 Å². The maximum Gasteiger partial charge on any atom is 0.410 e. The van der Waals surface area contributed by atoms with Crippen molar-refractivity contribution in [3.63, 3.8) is 0 Å². The Morgan fingerprint density at radius 1 is 1.27 bits per heavy atom. The first-order valence-electron chi connectivity index (χ1n) is 9.97. The molecule has 2 unspecified atom stereocenters. The van der Waals surface area contributed by atoms with Crippen LogP contribution in [0.2, 0.25) is 0 Å². The molecule has 3 aromatic heterocycles. The van der Waals surface area contributed by atoms with E-state index in [1.54, 1.807) is 23.3 Å². The fourth-order valence-corrected chi connectivity index (χ4v) is 4.12. The van der Waals surface area contributed by atoms with Gasteiger partial charge in [-0.3, -0.25) is 0 Å². The Labute approximate surface area is 172 Å². The molecular weight excluding hydrogens is 388 g/mol. The van der Waals surface area contributed by atoms with Crippen molar-refractivity contribution in [1.82, 2.24) is 29.5 Å². The van der Waals surface area contributed by atoms with Crippen LogP contribution in [0.1, 0.15) is 27.2 Å². The molecule has 158 valence electrons. The van der Waals surface area contributed by atoms with Gasteiger partial charge in [0.1, 0.15) is 5.60 Å². The van der Waals surface area contributed by atoms with Crippen molar-refractivity contribution in [3.05, 3.63) is 18.4 Å². The summed E-state index contributed by atoms with van der Waals surface area (Å²) in [6.07, 6.45) is 2.22. The van der Waals surface area contributed by atoms with Crippen molar-refractivity contribution in [2.45, 2.75) is 38.8 Å². The van der Waals surface area contributed by atoms with E-state index < -0.39 is 5.60 Å². The number of rotatable bonds is 2. The first-order valence-corrected chi connectivity index (χ1v) is 9.97. The van der Waals surface area contributed by atoms with E-state index in [0.29, 0.717) is 42.3 Å². The molecule has 2 saturated heterocycles. The second-order valence-electron chi connectivity index (χ2n) is 8.70. The Balaban J connectivity index is 1.40. The molecule has 0 spiro atoms. The Hall–Kier alpha value is -3.37. The number of nitrogen functional groups attached to an aromatic ring is 1. The summed E-state index contributed by atoms with van der Waals surface area (Å²) in [6.45, 7) is 7.65. The lowest BCUT2D eigenvalue weighted by Gasteiger charge is -2.27. The number of hydrogen-bond acceptors (Lipinski definition) is 9. The van der Waals surface area contributed by atoms with Gasteiger partial charge in [0, 0.05) is 25.6 Å². The van der Waals surface area contributed by atoms with Gasteiger partial charge in [0.2, 0.25) is 17.7 Å². The average Bonchev–Trinajstić information content (AvgIpc) is 3.41. The highest BCUT2D eigenvalue weighted by atomic mass is 16.6. The van der Waals surface area contributed by atoms with Gasteiger partial charge in [0.25, 0.3) is 5.78 Å². The molecule has 30 heavy (non-hydrogen) atoms. The highest BCUT2D eigenvalue weighted by Gasteiger charge is 2.45. The van der Waals surface area contributed by atoms with Crippen molar-refractivity contribution in [1.29, 1.82) is 0 Å². The van der Waals surface area contributed by atoms with Gasteiger partial charge in [-0.25, -0.2) is 4.79 Å². The fourth-order valence-electron chi connectivity index (χ4n) is 4.12. The minimum atomic E-state index is -0.517. The summed E-state index contributed by atoms with van der Waals surface area (Å²) in [5.74, 6) is 2.33. The minimum Gasteiger partial charge on any atom is -0.461 e. The third-order valence-corrected chi connectivity index (χ3v) is 5.42. The van der Waals surface area contributed by atoms with Crippen LogP contribution in [-0.2, 0) is 4.74 Å². The number of hydrogen-bond donors (Lipinski definition) is 1. The Kier molecular flexibility index (Phi) is 4.09. The average molecular weight is 412 g/mol. The van der Waals surface area contributed by atoms with E-state index in [9.17, 15) is 4.79 Å². The summed E-state index contributed by atoms with van der Waals surface area (Å²) in [6, 6.07) is 3.66. The summed E-state index contributed by atoms with van der Waals surface area (Å²) >= 11 is 0. The highest BCUT2D eigenvalue weighted by molar-refractivity contribution is 5.69. The van der Waals surface area contributed by atoms with Gasteiger partial charge in [-0.15, -0.1) is 5.10 Å². The molecule has 1 amide bonds. The van der Waals surface area contributed by atoms with Gasteiger partial charge in [-0.1, -0.05) is 0 Å². The Morgan fingerprint density at radius 2 is 2.10 bits per heavy atom. The van der Waals surface area contributed by atoms with Crippen LogP contribution in [0.5, 0.6) is 0 Å². The molecule has 0 aliphatic carbocycles. The zero-order valence-corrected chi connectivity index (χ0v) is 17.1. The molecule has 0 radical (unpaired) electrons. The summed E-state index contributed by atoms with van der Waals surface area (Å²) in [4.78, 5) is 29.8. The van der Waals surface area contributed by atoms with Crippen molar-refractivity contribution in [3.8, 4) is 11.6 Å². The van der Waals surface area contributed by atoms with Gasteiger partial charge in [0.15, 0.2) is 5.76 Å². The molecule has 2 fully saturated rings. The van der Waals surface area contributed by atoms with Crippen LogP contribution in [-0.4, -0.2) is 66.8 Å². The number of nitrogens with two attached hydrogens (primary N) is 1. The topological polar surface area (TPSA) is 128 Å². The summed E-state index contributed by atoms with van der Waals surface area (Å²) in [5, 5.41) is 4.33. The third-order valence-electron chi connectivity index (χ3n) is 5.42. The van der Waals surface area contributed by atoms with E-state index >= 15 is 0 Å². The summed E-state index contributed by atoms with van der Waals surface area (Å²) in [5.41, 5.74) is 5.62. The maximum atomic E-state index is 12.5. The van der Waals surface area contributed by atoms with Crippen molar-refractivity contribution >= 4 is 23.8 Å². The number of carbonyl (C=O) groups is 1. The molecule has 11 nitrogen and oxygen atoms in total. The number of amides is 1. The van der Waals surface area contributed by atoms with Gasteiger partial charge in [-0.05, 0) is 39.3 Å². The smallest absolute Gasteiger partial charge is 0.410 e. The Bertz CT molecular complexity index is 1090. The predicted octanol–water partition coefficient (Wildman–Crippen LogP) is 1.81. The van der Waals surface area contributed by atoms with E-state index in [4.69, 9.17) is 14.9 Å². The predicted molar refractivity (Wildman–Crippen MR) is 108 cm³/mol. The number of furan rings is 1. The molecule has 5 rings (SSSR count). The van der Waals surface area contributed by atoms with Gasteiger partial charge in [-0.2, -0.15) is 19.5 Å². The van der Waals surface area contributed by atoms with E-state index in [2.05, 4.69) is 25.0 Å². The second kappa shape index (κ2) is 6.57. The van der Waals surface area contributed by atoms with Crippen LogP contribution in [0.3, 0.4) is 0 Å². The van der Waals surface area contributed by atoms with Crippen LogP contribution in [0.15, 0.2) is 22.8 Å². The zero-order chi connectivity index (χ0) is 21.0. The van der Waals surface area contributed by atoms with Crippen LogP contribution < -0.4 is 10.6 Å². The maximum absolute atomic E-state index is 12.5. The fraction of sp³-hybridized carbons (Fsp3) is 0.526. The molecule has 3 aromatic rings. The molecule has 2 aliphatic rings. The molecular formula is C19H24N8O3. The molecule has 11 heteroatoms. The molecule has 2 aliphatic heterocycles. The molecule has 2 atom stereocenters. The second-order valence-corrected chi connectivity index (χ2v) is 8.70. The normalized spacial score (nSPS) is 21.4. The SMILES string of the molecule is CC(C)(C)OC(=O)N1CC2CCN(c3nc(N)n4nc(-c5ccco5)nc4n3)C2C1. The van der Waals surface area contributed by atoms with Gasteiger partial charge < -0.3 is 24.7 Å². The third kappa shape index (κ3) is 3.19.